The molecule has 3 rings (SSSR count). The molecule has 0 spiro atoms. The Kier molecular flexibility index (Phi) is 2.07. The van der Waals surface area contributed by atoms with Crippen LogP contribution in [-0.4, -0.2) is 26.9 Å². The largest absolute Gasteiger partial charge is 0.388 e. The van der Waals surface area contributed by atoms with Crippen molar-refractivity contribution in [3.8, 4) is 10.6 Å². The second kappa shape index (κ2) is 3.57. The first-order chi connectivity index (χ1) is 7.86. The maximum absolute atomic E-state index is 4.40. The van der Waals surface area contributed by atoms with E-state index in [1.165, 1.54) is 11.3 Å². The van der Waals surface area contributed by atoms with Gasteiger partial charge in [0.05, 0.1) is 0 Å². The Bertz CT molecular complexity index is 598. The number of benzene rings is 1. The Labute approximate surface area is 95.8 Å². The molecule has 0 radical (unpaired) electrons. The highest BCUT2D eigenvalue weighted by Crippen LogP contribution is 2.26. The lowest BCUT2D eigenvalue weighted by Gasteiger charge is -2.00. The molecule has 0 aliphatic heterocycles. The van der Waals surface area contributed by atoms with E-state index in [1.54, 1.807) is 10.8 Å². The van der Waals surface area contributed by atoms with E-state index in [2.05, 4.69) is 26.7 Å². The van der Waals surface area contributed by atoms with E-state index in [1.807, 2.05) is 25.2 Å². The van der Waals surface area contributed by atoms with E-state index >= 15 is 0 Å². The zero-order valence-electron chi connectivity index (χ0n) is 8.58. The molecule has 80 valence electrons. The topological polar surface area (TPSA) is 55.1 Å². The number of anilines is 1. The van der Waals surface area contributed by atoms with Crippen molar-refractivity contribution in [2.45, 2.75) is 0 Å². The molecule has 0 atom stereocenters. The Hall–Kier alpha value is -1.95. The fourth-order valence-corrected chi connectivity index (χ4v) is 2.30. The first-order valence-electron chi connectivity index (χ1n) is 4.82. The normalized spacial score (nSPS) is 10.8. The molecular weight excluding hydrogens is 222 g/mol. The molecule has 3 aromatic rings. The summed E-state index contributed by atoms with van der Waals surface area (Å²) in [6, 6.07) is 8.12. The molecule has 2 aromatic heterocycles. The molecule has 0 aliphatic carbocycles. The molecule has 5 nitrogen and oxygen atoms in total. The quantitative estimate of drug-likeness (QED) is 0.731. The maximum Gasteiger partial charge on any atom is 0.234 e. The van der Waals surface area contributed by atoms with Gasteiger partial charge in [0.15, 0.2) is 0 Å². The molecule has 16 heavy (non-hydrogen) atoms. The SMILES string of the molecule is CNc1cccc(-c2nn3cnnc3s2)c1. The molecule has 0 amide bonds. The van der Waals surface area contributed by atoms with Crippen molar-refractivity contribution < 1.29 is 0 Å². The first kappa shape index (κ1) is 9.29. The van der Waals surface area contributed by atoms with E-state index in [4.69, 9.17) is 0 Å². The van der Waals surface area contributed by atoms with Crippen molar-refractivity contribution in [1.29, 1.82) is 0 Å². The van der Waals surface area contributed by atoms with Gasteiger partial charge in [0.1, 0.15) is 11.3 Å². The molecule has 0 unspecified atom stereocenters. The number of nitrogens with zero attached hydrogens (tertiary/aromatic N) is 4. The van der Waals surface area contributed by atoms with Gasteiger partial charge in [-0.05, 0) is 12.1 Å². The zero-order valence-corrected chi connectivity index (χ0v) is 9.40. The minimum Gasteiger partial charge on any atom is -0.388 e. The highest BCUT2D eigenvalue weighted by Gasteiger charge is 2.07. The molecule has 0 bridgehead atoms. The third kappa shape index (κ3) is 1.43. The van der Waals surface area contributed by atoms with Crippen LogP contribution in [0.2, 0.25) is 0 Å². The number of nitrogens with one attached hydrogen (secondary N) is 1. The molecule has 2 heterocycles. The number of hydrogen-bond acceptors (Lipinski definition) is 5. The van der Waals surface area contributed by atoms with Gasteiger partial charge >= 0.3 is 0 Å². The third-order valence-electron chi connectivity index (χ3n) is 2.28. The van der Waals surface area contributed by atoms with Crippen molar-refractivity contribution in [1.82, 2.24) is 19.8 Å². The van der Waals surface area contributed by atoms with Gasteiger partial charge in [-0.3, -0.25) is 0 Å². The number of fused-ring (bicyclic) bond motifs is 1. The predicted molar refractivity (Wildman–Crippen MR) is 63.6 cm³/mol. The van der Waals surface area contributed by atoms with Gasteiger partial charge in [-0.15, -0.1) is 10.2 Å². The van der Waals surface area contributed by atoms with Gasteiger partial charge in [-0.2, -0.15) is 9.61 Å². The molecule has 1 N–H and O–H groups in total. The van der Waals surface area contributed by atoms with Crippen molar-refractivity contribution in [2.75, 3.05) is 12.4 Å². The predicted octanol–water partition coefficient (Wildman–Crippen LogP) is 1.89. The zero-order chi connectivity index (χ0) is 11.0. The van der Waals surface area contributed by atoms with E-state index in [0.29, 0.717) is 0 Å². The van der Waals surface area contributed by atoms with Crippen LogP contribution in [0, 0.1) is 0 Å². The average molecular weight is 231 g/mol. The van der Waals surface area contributed by atoms with Crippen molar-refractivity contribution in [2.24, 2.45) is 0 Å². The smallest absolute Gasteiger partial charge is 0.234 e. The van der Waals surface area contributed by atoms with E-state index in [9.17, 15) is 0 Å². The summed E-state index contributed by atoms with van der Waals surface area (Å²) in [4.78, 5) is 0.810. The number of aromatic nitrogens is 4. The summed E-state index contributed by atoms with van der Waals surface area (Å²) in [5, 5.41) is 16.2. The Morgan fingerprint density at radius 1 is 1.38 bits per heavy atom. The van der Waals surface area contributed by atoms with Gasteiger partial charge in [-0.25, -0.2) is 0 Å². The summed E-state index contributed by atoms with van der Waals surface area (Å²) in [6.45, 7) is 0. The Morgan fingerprint density at radius 2 is 2.31 bits per heavy atom. The second-order valence-electron chi connectivity index (χ2n) is 3.30. The number of rotatable bonds is 2. The molecule has 1 aromatic carbocycles. The van der Waals surface area contributed by atoms with Crippen LogP contribution in [0.25, 0.3) is 15.5 Å². The minimum absolute atomic E-state index is 0.810. The van der Waals surface area contributed by atoms with Crippen molar-refractivity contribution in [3.05, 3.63) is 30.6 Å². The molecule has 6 heteroatoms. The summed E-state index contributed by atoms with van der Waals surface area (Å²) < 4.78 is 1.69. The molecule has 0 saturated heterocycles. The van der Waals surface area contributed by atoms with Crippen LogP contribution in [0.1, 0.15) is 0 Å². The van der Waals surface area contributed by atoms with Crippen LogP contribution in [0.3, 0.4) is 0 Å². The van der Waals surface area contributed by atoms with Crippen molar-refractivity contribution in [3.63, 3.8) is 0 Å². The lowest BCUT2D eigenvalue weighted by Crippen LogP contribution is -1.88. The summed E-state index contributed by atoms with van der Waals surface area (Å²) >= 11 is 1.53. The van der Waals surface area contributed by atoms with Crippen LogP contribution in [0.5, 0.6) is 0 Å². The highest BCUT2D eigenvalue weighted by molar-refractivity contribution is 7.19. The second-order valence-corrected chi connectivity index (χ2v) is 4.25. The van der Waals surface area contributed by atoms with Crippen LogP contribution in [0.4, 0.5) is 5.69 Å². The fourth-order valence-electron chi connectivity index (χ4n) is 1.48. The van der Waals surface area contributed by atoms with Crippen LogP contribution >= 0.6 is 11.3 Å². The van der Waals surface area contributed by atoms with Gasteiger partial charge in [0, 0.05) is 18.3 Å². The summed E-state index contributed by atoms with van der Waals surface area (Å²) in [5.41, 5.74) is 2.16. The number of hydrogen-bond donors (Lipinski definition) is 1. The first-order valence-corrected chi connectivity index (χ1v) is 5.63. The van der Waals surface area contributed by atoms with E-state index in [-0.39, 0.29) is 0 Å². The molecule has 0 saturated carbocycles. The van der Waals surface area contributed by atoms with E-state index < -0.39 is 0 Å². The summed E-state index contributed by atoms with van der Waals surface area (Å²) in [7, 11) is 1.90. The van der Waals surface area contributed by atoms with Crippen LogP contribution in [0.15, 0.2) is 30.6 Å². The molecule has 0 fully saturated rings. The van der Waals surface area contributed by atoms with Gasteiger partial charge < -0.3 is 5.32 Å². The van der Waals surface area contributed by atoms with Crippen LogP contribution in [-0.2, 0) is 0 Å². The van der Waals surface area contributed by atoms with Gasteiger partial charge in [-0.1, -0.05) is 23.5 Å². The van der Waals surface area contributed by atoms with E-state index in [0.717, 1.165) is 21.2 Å². The van der Waals surface area contributed by atoms with Gasteiger partial charge in [0.25, 0.3) is 0 Å². The fraction of sp³-hybridized carbons (Fsp3) is 0.100. The van der Waals surface area contributed by atoms with Crippen LogP contribution < -0.4 is 5.32 Å². The summed E-state index contributed by atoms with van der Waals surface area (Å²) in [5.74, 6) is 0. The standard InChI is InChI=1S/C10H9N5S/c1-11-8-4-2-3-7(5-8)9-14-15-6-12-13-10(15)16-9/h2-6,11H,1H3. The Morgan fingerprint density at radius 3 is 3.12 bits per heavy atom. The lowest BCUT2D eigenvalue weighted by atomic mass is 10.2. The molecule has 0 aliphatic rings. The lowest BCUT2D eigenvalue weighted by molar-refractivity contribution is 0.960. The minimum atomic E-state index is 0.810. The maximum atomic E-state index is 4.40. The van der Waals surface area contributed by atoms with Crippen molar-refractivity contribution >= 4 is 22.0 Å². The summed E-state index contributed by atoms with van der Waals surface area (Å²) in [6.07, 6.45) is 1.61. The highest BCUT2D eigenvalue weighted by atomic mass is 32.1. The third-order valence-corrected chi connectivity index (χ3v) is 3.25. The van der Waals surface area contributed by atoms with Gasteiger partial charge in [0.2, 0.25) is 4.96 Å². The average Bonchev–Trinajstić information content (AvgIpc) is 2.89. The molecular formula is C10H9N5S. The Balaban J connectivity index is 2.11. The monoisotopic (exact) mass is 231 g/mol.